The van der Waals surface area contributed by atoms with Crippen LogP contribution in [0.3, 0.4) is 0 Å². The van der Waals surface area contributed by atoms with Crippen LogP contribution in [0.2, 0.25) is 5.02 Å². The Morgan fingerprint density at radius 3 is 2.71 bits per heavy atom. The molecule has 6 heteroatoms. The van der Waals surface area contributed by atoms with Crippen molar-refractivity contribution in [1.82, 2.24) is 4.72 Å². The fraction of sp³-hybridized carbons (Fsp3) is 0.600. The lowest BCUT2D eigenvalue weighted by atomic mass is 10.0. The quantitative estimate of drug-likeness (QED) is 0.833. The normalized spacial score (nSPS) is 23.8. The fourth-order valence-electron chi connectivity index (χ4n) is 2.78. The molecule has 1 saturated carbocycles. The summed E-state index contributed by atoms with van der Waals surface area (Å²) in [6.45, 7) is 2.56. The molecular formula is C15H23ClN2O2S. The number of rotatable bonds is 4. The summed E-state index contributed by atoms with van der Waals surface area (Å²) >= 11 is 6.09. The summed E-state index contributed by atoms with van der Waals surface area (Å²) < 4.78 is 27.8. The zero-order valence-corrected chi connectivity index (χ0v) is 13.9. The van der Waals surface area contributed by atoms with Crippen LogP contribution in [0.1, 0.15) is 44.6 Å². The number of nitrogens with two attached hydrogens (primary N) is 1. The highest BCUT2D eigenvalue weighted by molar-refractivity contribution is 7.89. The maximum absolute atomic E-state index is 12.5. The van der Waals surface area contributed by atoms with Gasteiger partial charge in [-0.15, -0.1) is 0 Å². The standard InChI is InChI=1S/C15H23ClN2O2S/c1-11-3-2-4-13(7-5-11)18-21(19,20)15-8-6-12(10-17)9-14(15)16/h6,8-9,11,13,18H,2-5,7,10,17H2,1H3. The third-order valence-corrected chi connectivity index (χ3v) is 6.10. The van der Waals surface area contributed by atoms with Gasteiger partial charge in [0.15, 0.2) is 0 Å². The van der Waals surface area contributed by atoms with Crippen LogP contribution in [0.25, 0.3) is 0 Å². The van der Waals surface area contributed by atoms with E-state index in [0.717, 1.165) is 31.2 Å². The van der Waals surface area contributed by atoms with Crippen molar-refractivity contribution in [2.75, 3.05) is 0 Å². The van der Waals surface area contributed by atoms with E-state index in [1.165, 1.54) is 12.5 Å². The van der Waals surface area contributed by atoms with Gasteiger partial charge in [-0.3, -0.25) is 0 Å². The highest BCUT2D eigenvalue weighted by Crippen LogP contribution is 2.26. The Bertz CT molecular complexity index is 589. The van der Waals surface area contributed by atoms with Gasteiger partial charge in [0.05, 0.1) is 5.02 Å². The molecule has 0 heterocycles. The summed E-state index contributed by atoms with van der Waals surface area (Å²) in [5.74, 6) is 0.673. The summed E-state index contributed by atoms with van der Waals surface area (Å²) in [5.41, 5.74) is 6.36. The van der Waals surface area contributed by atoms with Gasteiger partial charge in [0.25, 0.3) is 0 Å². The van der Waals surface area contributed by atoms with Crippen molar-refractivity contribution in [3.05, 3.63) is 28.8 Å². The van der Waals surface area contributed by atoms with Gasteiger partial charge in [-0.2, -0.15) is 0 Å². The maximum atomic E-state index is 12.5. The number of nitrogens with one attached hydrogen (secondary N) is 1. The molecule has 1 fully saturated rings. The molecule has 0 spiro atoms. The lowest BCUT2D eigenvalue weighted by Crippen LogP contribution is -2.34. The zero-order valence-electron chi connectivity index (χ0n) is 12.3. The van der Waals surface area contributed by atoms with Gasteiger partial charge < -0.3 is 5.73 Å². The van der Waals surface area contributed by atoms with Crippen LogP contribution in [0, 0.1) is 5.92 Å². The minimum absolute atomic E-state index is 0.00482. The molecule has 1 aliphatic carbocycles. The van der Waals surface area contributed by atoms with E-state index in [9.17, 15) is 8.42 Å². The summed E-state index contributed by atoms with van der Waals surface area (Å²) in [5, 5.41) is 0.229. The molecule has 3 N–H and O–H groups in total. The Labute approximate surface area is 132 Å². The summed E-state index contributed by atoms with van der Waals surface area (Å²) in [6.07, 6.45) is 5.08. The first-order valence-corrected chi connectivity index (χ1v) is 9.29. The summed E-state index contributed by atoms with van der Waals surface area (Å²) in [4.78, 5) is 0.138. The van der Waals surface area contributed by atoms with Crippen LogP contribution in [0.5, 0.6) is 0 Å². The monoisotopic (exact) mass is 330 g/mol. The number of benzene rings is 1. The molecule has 2 unspecified atom stereocenters. The van der Waals surface area contributed by atoms with Gasteiger partial charge in [0, 0.05) is 12.6 Å². The van der Waals surface area contributed by atoms with Crippen molar-refractivity contribution < 1.29 is 8.42 Å². The van der Waals surface area contributed by atoms with E-state index in [0.29, 0.717) is 12.5 Å². The van der Waals surface area contributed by atoms with Crippen LogP contribution < -0.4 is 10.5 Å². The second-order valence-electron chi connectivity index (χ2n) is 5.90. The molecule has 1 aromatic carbocycles. The maximum Gasteiger partial charge on any atom is 0.242 e. The molecule has 0 saturated heterocycles. The zero-order chi connectivity index (χ0) is 15.5. The smallest absolute Gasteiger partial charge is 0.242 e. The fourth-order valence-corrected chi connectivity index (χ4v) is 4.65. The van der Waals surface area contributed by atoms with Gasteiger partial charge in [0.1, 0.15) is 4.90 Å². The summed E-state index contributed by atoms with van der Waals surface area (Å²) in [7, 11) is -3.57. The van der Waals surface area contributed by atoms with Crippen LogP contribution >= 0.6 is 11.6 Å². The highest BCUT2D eigenvalue weighted by atomic mass is 35.5. The number of halogens is 1. The molecule has 21 heavy (non-hydrogen) atoms. The van der Waals surface area contributed by atoms with E-state index in [-0.39, 0.29) is 16.0 Å². The molecule has 0 aromatic heterocycles. The minimum Gasteiger partial charge on any atom is -0.326 e. The molecule has 0 amide bonds. The number of hydrogen-bond donors (Lipinski definition) is 2. The lowest BCUT2D eigenvalue weighted by molar-refractivity contribution is 0.484. The Balaban J connectivity index is 2.14. The van der Waals surface area contributed by atoms with Crippen LogP contribution in [-0.2, 0) is 16.6 Å². The minimum atomic E-state index is -3.57. The van der Waals surface area contributed by atoms with Gasteiger partial charge in [-0.1, -0.05) is 37.4 Å². The van der Waals surface area contributed by atoms with E-state index < -0.39 is 10.0 Å². The average Bonchev–Trinajstić information content (AvgIpc) is 2.62. The molecule has 2 atom stereocenters. The Kier molecular flexibility index (Phi) is 5.66. The molecule has 0 bridgehead atoms. The lowest BCUT2D eigenvalue weighted by Gasteiger charge is -2.17. The molecule has 1 aromatic rings. The van der Waals surface area contributed by atoms with Crippen molar-refractivity contribution in [2.24, 2.45) is 11.7 Å². The predicted molar refractivity (Wildman–Crippen MR) is 85.7 cm³/mol. The van der Waals surface area contributed by atoms with Crippen molar-refractivity contribution in [2.45, 2.75) is 56.5 Å². The third kappa shape index (κ3) is 4.42. The first kappa shape index (κ1) is 16.7. The van der Waals surface area contributed by atoms with Crippen molar-refractivity contribution in [3.63, 3.8) is 0 Å². The molecule has 4 nitrogen and oxygen atoms in total. The number of hydrogen-bond acceptors (Lipinski definition) is 3. The van der Waals surface area contributed by atoms with Gasteiger partial charge in [-0.25, -0.2) is 13.1 Å². The largest absolute Gasteiger partial charge is 0.326 e. The Morgan fingerprint density at radius 2 is 2.05 bits per heavy atom. The van der Waals surface area contributed by atoms with Crippen LogP contribution in [0.4, 0.5) is 0 Å². The topological polar surface area (TPSA) is 72.2 Å². The second-order valence-corrected chi connectivity index (χ2v) is 7.99. The molecule has 0 radical (unpaired) electrons. The van der Waals surface area contributed by atoms with E-state index >= 15 is 0 Å². The van der Waals surface area contributed by atoms with E-state index in [1.54, 1.807) is 12.1 Å². The van der Waals surface area contributed by atoms with Crippen molar-refractivity contribution >= 4 is 21.6 Å². The predicted octanol–water partition coefficient (Wildman–Crippen LogP) is 3.05. The SMILES string of the molecule is CC1CCCC(NS(=O)(=O)c2ccc(CN)cc2Cl)CC1. The molecular weight excluding hydrogens is 308 g/mol. The second kappa shape index (κ2) is 7.09. The van der Waals surface area contributed by atoms with Gasteiger partial charge >= 0.3 is 0 Å². The van der Waals surface area contributed by atoms with Crippen LogP contribution in [-0.4, -0.2) is 14.5 Å². The van der Waals surface area contributed by atoms with Gasteiger partial charge in [-0.05, 0) is 42.9 Å². The molecule has 1 aliphatic rings. The van der Waals surface area contributed by atoms with Crippen LogP contribution in [0.15, 0.2) is 23.1 Å². The van der Waals surface area contributed by atoms with Crippen molar-refractivity contribution in [1.29, 1.82) is 0 Å². The average molecular weight is 331 g/mol. The Hall–Kier alpha value is -0.620. The third-order valence-electron chi connectivity index (χ3n) is 4.10. The van der Waals surface area contributed by atoms with E-state index in [1.807, 2.05) is 0 Å². The molecule has 0 aliphatic heterocycles. The number of sulfonamides is 1. The first-order valence-electron chi connectivity index (χ1n) is 7.43. The molecule has 118 valence electrons. The van der Waals surface area contributed by atoms with E-state index in [2.05, 4.69) is 11.6 Å². The summed E-state index contributed by atoms with van der Waals surface area (Å²) in [6, 6.07) is 4.86. The first-order chi connectivity index (χ1) is 9.92. The molecule has 2 rings (SSSR count). The van der Waals surface area contributed by atoms with Crippen molar-refractivity contribution in [3.8, 4) is 0 Å². The Morgan fingerprint density at radius 1 is 1.29 bits per heavy atom. The highest BCUT2D eigenvalue weighted by Gasteiger charge is 2.24. The van der Waals surface area contributed by atoms with Gasteiger partial charge in [0.2, 0.25) is 10.0 Å². The van der Waals surface area contributed by atoms with E-state index in [4.69, 9.17) is 17.3 Å².